The fraction of sp³-hybridized carbons (Fsp3) is 0.733. The van der Waals surface area contributed by atoms with Crippen molar-refractivity contribution >= 4 is 5.91 Å². The fourth-order valence-corrected chi connectivity index (χ4v) is 3.17. The fourth-order valence-electron chi connectivity index (χ4n) is 3.17. The lowest BCUT2D eigenvalue weighted by Gasteiger charge is -2.38. The minimum absolute atomic E-state index is 0.187. The summed E-state index contributed by atoms with van der Waals surface area (Å²) in [6.45, 7) is 6.40. The van der Waals surface area contributed by atoms with Crippen molar-refractivity contribution in [1.82, 2.24) is 15.4 Å². The van der Waals surface area contributed by atoms with Crippen LogP contribution in [0.2, 0.25) is 0 Å². The Labute approximate surface area is 120 Å². The molecule has 1 aromatic rings. The lowest BCUT2D eigenvalue weighted by atomic mass is 9.74. The number of nitrogens with one attached hydrogen (secondary N) is 1. The van der Waals surface area contributed by atoms with Crippen molar-refractivity contribution in [1.29, 1.82) is 0 Å². The number of aromatic nitrogens is 1. The molecule has 112 valence electrons. The molecule has 0 bridgehead atoms. The number of aryl methyl sites for hydroxylation is 1. The van der Waals surface area contributed by atoms with Gasteiger partial charge in [0.25, 0.3) is 0 Å². The third kappa shape index (κ3) is 3.20. The van der Waals surface area contributed by atoms with Gasteiger partial charge in [0.2, 0.25) is 5.91 Å². The molecule has 5 heteroatoms. The second kappa shape index (κ2) is 6.39. The number of amides is 1. The van der Waals surface area contributed by atoms with Crippen LogP contribution in [0.25, 0.3) is 0 Å². The molecule has 1 aliphatic rings. The smallest absolute Gasteiger partial charge is 0.228 e. The second-order valence-electron chi connectivity index (χ2n) is 5.87. The summed E-state index contributed by atoms with van der Waals surface area (Å²) < 4.78 is 5.07. The molecule has 1 fully saturated rings. The molecule has 0 spiro atoms. The maximum absolute atomic E-state index is 12.9. The standard InChI is InChI=1S/C15H25N3O2/c1-4-5-15(6-8-16-9-7-15)14(19)18(3)11-13-10-12(2)20-17-13/h10,16H,4-9,11H2,1-3H3. The zero-order valence-corrected chi connectivity index (χ0v) is 12.7. The topological polar surface area (TPSA) is 58.4 Å². The molecule has 0 atom stereocenters. The molecule has 0 aliphatic carbocycles. The summed E-state index contributed by atoms with van der Waals surface area (Å²) in [6, 6.07) is 1.89. The molecule has 5 nitrogen and oxygen atoms in total. The van der Waals surface area contributed by atoms with E-state index in [1.165, 1.54) is 0 Å². The molecule has 1 N–H and O–H groups in total. The van der Waals surface area contributed by atoms with E-state index in [9.17, 15) is 4.79 Å². The van der Waals surface area contributed by atoms with Crippen LogP contribution in [0.15, 0.2) is 10.6 Å². The van der Waals surface area contributed by atoms with Crippen molar-refractivity contribution in [3.05, 3.63) is 17.5 Å². The Balaban J connectivity index is 2.06. The summed E-state index contributed by atoms with van der Waals surface area (Å²) in [6.07, 6.45) is 3.88. The minimum Gasteiger partial charge on any atom is -0.361 e. The maximum Gasteiger partial charge on any atom is 0.228 e. The van der Waals surface area contributed by atoms with E-state index in [1.807, 2.05) is 20.0 Å². The average Bonchev–Trinajstić information content (AvgIpc) is 2.84. The molecule has 0 aromatic carbocycles. The van der Waals surface area contributed by atoms with E-state index < -0.39 is 0 Å². The van der Waals surface area contributed by atoms with Crippen LogP contribution in [0.4, 0.5) is 0 Å². The lowest BCUT2D eigenvalue weighted by Crippen LogP contribution is -2.48. The van der Waals surface area contributed by atoms with Crippen molar-refractivity contribution in [2.45, 2.75) is 46.1 Å². The van der Waals surface area contributed by atoms with Crippen LogP contribution in [-0.4, -0.2) is 36.1 Å². The van der Waals surface area contributed by atoms with Gasteiger partial charge in [0, 0.05) is 13.1 Å². The Kier molecular flexibility index (Phi) is 4.81. The van der Waals surface area contributed by atoms with Gasteiger partial charge >= 0.3 is 0 Å². The van der Waals surface area contributed by atoms with Crippen LogP contribution in [0.3, 0.4) is 0 Å². The third-order valence-corrected chi connectivity index (χ3v) is 4.17. The van der Waals surface area contributed by atoms with Crippen molar-refractivity contribution in [3.8, 4) is 0 Å². The van der Waals surface area contributed by atoms with Gasteiger partial charge in [-0.1, -0.05) is 18.5 Å². The quantitative estimate of drug-likeness (QED) is 0.897. The van der Waals surface area contributed by atoms with Crippen molar-refractivity contribution in [3.63, 3.8) is 0 Å². The first-order chi connectivity index (χ1) is 9.57. The van der Waals surface area contributed by atoms with Crippen LogP contribution in [0.5, 0.6) is 0 Å². The Hall–Kier alpha value is -1.36. The summed E-state index contributed by atoms with van der Waals surface area (Å²) in [4.78, 5) is 14.7. The van der Waals surface area contributed by atoms with Gasteiger partial charge in [-0.15, -0.1) is 0 Å². The predicted octanol–water partition coefficient (Wildman–Crippen LogP) is 2.11. The highest BCUT2D eigenvalue weighted by Crippen LogP contribution is 2.36. The molecule has 20 heavy (non-hydrogen) atoms. The number of carbonyl (C=O) groups excluding carboxylic acids is 1. The first-order valence-electron chi connectivity index (χ1n) is 7.46. The molecule has 0 unspecified atom stereocenters. The number of piperidine rings is 1. The van der Waals surface area contributed by atoms with Crippen molar-refractivity contribution in [2.24, 2.45) is 5.41 Å². The van der Waals surface area contributed by atoms with E-state index in [2.05, 4.69) is 17.4 Å². The van der Waals surface area contributed by atoms with Gasteiger partial charge in [-0.05, 0) is 39.3 Å². The number of hydrogen-bond donors (Lipinski definition) is 1. The first-order valence-corrected chi connectivity index (χ1v) is 7.46. The molecule has 2 rings (SSSR count). The van der Waals surface area contributed by atoms with Gasteiger partial charge in [0.15, 0.2) is 0 Å². The summed E-state index contributed by atoms with van der Waals surface area (Å²) in [5, 5.41) is 7.32. The molecule has 0 radical (unpaired) electrons. The highest BCUT2D eigenvalue weighted by Gasteiger charge is 2.40. The SMILES string of the molecule is CCCC1(C(=O)N(C)Cc2cc(C)on2)CCNCC1. The van der Waals surface area contributed by atoms with Gasteiger partial charge in [0.1, 0.15) is 11.5 Å². The van der Waals surface area contributed by atoms with Gasteiger partial charge in [-0.25, -0.2) is 0 Å². The molecule has 1 aromatic heterocycles. The molecular formula is C15H25N3O2. The predicted molar refractivity (Wildman–Crippen MR) is 77.2 cm³/mol. The Morgan fingerprint density at radius 2 is 2.20 bits per heavy atom. The maximum atomic E-state index is 12.9. The average molecular weight is 279 g/mol. The van der Waals surface area contributed by atoms with Crippen LogP contribution in [0.1, 0.15) is 44.1 Å². The monoisotopic (exact) mass is 279 g/mol. The number of rotatable bonds is 5. The van der Waals surface area contributed by atoms with E-state index >= 15 is 0 Å². The van der Waals surface area contributed by atoms with Gasteiger partial charge < -0.3 is 14.7 Å². The lowest BCUT2D eigenvalue weighted by molar-refractivity contribution is -0.143. The Morgan fingerprint density at radius 3 is 2.75 bits per heavy atom. The minimum atomic E-state index is -0.187. The summed E-state index contributed by atoms with van der Waals surface area (Å²) in [5.74, 6) is 1.03. The second-order valence-corrected chi connectivity index (χ2v) is 5.87. The van der Waals surface area contributed by atoms with Crippen molar-refractivity contribution in [2.75, 3.05) is 20.1 Å². The molecule has 2 heterocycles. The van der Waals surface area contributed by atoms with Crippen molar-refractivity contribution < 1.29 is 9.32 Å². The summed E-state index contributed by atoms with van der Waals surface area (Å²) in [7, 11) is 1.87. The summed E-state index contributed by atoms with van der Waals surface area (Å²) in [5.41, 5.74) is 0.631. The van der Waals surface area contributed by atoms with Gasteiger partial charge in [-0.3, -0.25) is 4.79 Å². The molecule has 0 saturated carbocycles. The largest absolute Gasteiger partial charge is 0.361 e. The number of hydrogen-bond acceptors (Lipinski definition) is 4. The third-order valence-electron chi connectivity index (χ3n) is 4.17. The van der Waals surface area contributed by atoms with Crippen LogP contribution in [0, 0.1) is 12.3 Å². The van der Waals surface area contributed by atoms with Gasteiger partial charge in [0.05, 0.1) is 12.0 Å². The normalized spacial score (nSPS) is 17.9. The van der Waals surface area contributed by atoms with E-state index in [-0.39, 0.29) is 11.3 Å². The molecule has 1 amide bonds. The Morgan fingerprint density at radius 1 is 1.50 bits per heavy atom. The molecular weight excluding hydrogens is 254 g/mol. The zero-order chi connectivity index (χ0) is 14.6. The van der Waals surface area contributed by atoms with Crippen LogP contribution >= 0.6 is 0 Å². The van der Waals surface area contributed by atoms with Crippen LogP contribution in [-0.2, 0) is 11.3 Å². The van der Waals surface area contributed by atoms with E-state index in [0.29, 0.717) is 6.54 Å². The number of carbonyl (C=O) groups is 1. The zero-order valence-electron chi connectivity index (χ0n) is 12.7. The molecule has 1 aliphatic heterocycles. The van der Waals surface area contributed by atoms with E-state index in [0.717, 1.165) is 50.2 Å². The van der Waals surface area contributed by atoms with E-state index in [1.54, 1.807) is 4.90 Å². The van der Waals surface area contributed by atoms with E-state index in [4.69, 9.17) is 4.52 Å². The molecule has 1 saturated heterocycles. The Bertz CT molecular complexity index is 444. The highest BCUT2D eigenvalue weighted by atomic mass is 16.5. The first kappa shape index (κ1) is 15.0. The van der Waals surface area contributed by atoms with Crippen LogP contribution < -0.4 is 5.32 Å². The number of nitrogens with zero attached hydrogens (tertiary/aromatic N) is 2. The summed E-state index contributed by atoms with van der Waals surface area (Å²) >= 11 is 0. The van der Waals surface area contributed by atoms with Gasteiger partial charge in [-0.2, -0.15) is 0 Å². The highest BCUT2D eigenvalue weighted by molar-refractivity contribution is 5.82.